The second kappa shape index (κ2) is 4.24. The molecule has 1 rings (SSSR count). The van der Waals surface area contributed by atoms with Gasteiger partial charge in [-0.1, -0.05) is 13.3 Å². The molecule has 1 aliphatic heterocycles. The topological polar surface area (TPSA) is 26.0 Å². The molecule has 0 aliphatic carbocycles. The van der Waals surface area contributed by atoms with Crippen LogP contribution in [-0.4, -0.2) is 18.1 Å². The van der Waals surface area contributed by atoms with Crippen LogP contribution in [0.4, 0.5) is 0 Å². The van der Waals surface area contributed by atoms with Crippen LogP contribution in [0.25, 0.3) is 0 Å². The molecule has 2 N–H and O–H groups in total. The van der Waals surface area contributed by atoms with Crippen LogP contribution in [0.1, 0.15) is 19.8 Å². The van der Waals surface area contributed by atoms with Crippen molar-refractivity contribution in [2.24, 2.45) is 17.6 Å². The molecule has 0 aromatic heterocycles. The normalized spacial score (nSPS) is 34.2. The van der Waals surface area contributed by atoms with E-state index in [-0.39, 0.29) is 0 Å². The Labute approximate surface area is 67.8 Å². The van der Waals surface area contributed by atoms with E-state index in [2.05, 4.69) is 18.7 Å². The Morgan fingerprint density at radius 1 is 1.50 bits per heavy atom. The molecule has 0 radical (unpaired) electrons. The van der Waals surface area contributed by atoms with E-state index < -0.39 is 0 Å². The van der Waals surface area contributed by atoms with E-state index in [9.17, 15) is 0 Å². The molecule has 0 saturated carbocycles. The Morgan fingerprint density at radius 3 is 2.80 bits per heavy atom. The highest BCUT2D eigenvalue weighted by atomic mass is 32.2. The van der Waals surface area contributed by atoms with E-state index in [1.54, 1.807) is 0 Å². The molecular weight excluding hydrogens is 142 g/mol. The van der Waals surface area contributed by atoms with Crippen molar-refractivity contribution in [2.75, 3.05) is 18.1 Å². The first kappa shape index (κ1) is 8.41. The van der Waals surface area contributed by atoms with Crippen molar-refractivity contribution in [3.63, 3.8) is 0 Å². The first-order valence-electron chi connectivity index (χ1n) is 4.16. The molecule has 1 heterocycles. The third-order valence-electron chi connectivity index (χ3n) is 2.46. The summed E-state index contributed by atoms with van der Waals surface area (Å²) in [5.41, 5.74) is 5.66. The monoisotopic (exact) mass is 159 g/mol. The lowest BCUT2D eigenvalue weighted by atomic mass is 9.89. The van der Waals surface area contributed by atoms with Gasteiger partial charge >= 0.3 is 0 Å². The molecule has 0 spiro atoms. The molecule has 0 aromatic carbocycles. The van der Waals surface area contributed by atoms with Gasteiger partial charge in [0, 0.05) is 0 Å². The molecule has 60 valence electrons. The van der Waals surface area contributed by atoms with Gasteiger partial charge in [-0.2, -0.15) is 11.8 Å². The Hall–Kier alpha value is 0.310. The van der Waals surface area contributed by atoms with Crippen molar-refractivity contribution in [3.8, 4) is 0 Å². The van der Waals surface area contributed by atoms with Crippen molar-refractivity contribution in [2.45, 2.75) is 19.8 Å². The summed E-state index contributed by atoms with van der Waals surface area (Å²) in [6, 6.07) is 0. The molecule has 1 fully saturated rings. The van der Waals surface area contributed by atoms with Gasteiger partial charge in [0.2, 0.25) is 0 Å². The molecule has 1 nitrogen and oxygen atoms in total. The van der Waals surface area contributed by atoms with Crippen molar-refractivity contribution in [3.05, 3.63) is 0 Å². The summed E-state index contributed by atoms with van der Waals surface area (Å²) >= 11 is 2.09. The molecule has 10 heavy (non-hydrogen) atoms. The third-order valence-corrected chi connectivity index (χ3v) is 3.65. The molecule has 0 amide bonds. The maximum atomic E-state index is 5.66. The van der Waals surface area contributed by atoms with Crippen molar-refractivity contribution < 1.29 is 0 Å². The van der Waals surface area contributed by atoms with Crippen LogP contribution in [-0.2, 0) is 0 Å². The fourth-order valence-electron chi connectivity index (χ4n) is 1.60. The summed E-state index contributed by atoms with van der Waals surface area (Å²) in [6.07, 6.45) is 2.66. The van der Waals surface area contributed by atoms with Crippen LogP contribution in [0.15, 0.2) is 0 Å². The highest BCUT2D eigenvalue weighted by molar-refractivity contribution is 7.99. The summed E-state index contributed by atoms with van der Waals surface area (Å²) in [5.74, 6) is 4.41. The van der Waals surface area contributed by atoms with E-state index >= 15 is 0 Å². The number of thioether (sulfide) groups is 1. The van der Waals surface area contributed by atoms with Crippen molar-refractivity contribution >= 4 is 11.8 Å². The summed E-state index contributed by atoms with van der Waals surface area (Å²) in [4.78, 5) is 0. The smallest absolute Gasteiger partial charge is 0.00361 e. The summed E-state index contributed by atoms with van der Waals surface area (Å²) < 4.78 is 0. The van der Waals surface area contributed by atoms with Crippen LogP contribution >= 0.6 is 11.8 Å². The van der Waals surface area contributed by atoms with Crippen LogP contribution in [0.2, 0.25) is 0 Å². The minimum atomic E-state index is 0.825. The van der Waals surface area contributed by atoms with Gasteiger partial charge in [-0.15, -0.1) is 0 Å². The van der Waals surface area contributed by atoms with Gasteiger partial charge in [0.15, 0.2) is 0 Å². The molecule has 1 saturated heterocycles. The van der Waals surface area contributed by atoms with Gasteiger partial charge in [0.1, 0.15) is 0 Å². The summed E-state index contributed by atoms with van der Waals surface area (Å²) in [7, 11) is 0. The Bertz CT molecular complexity index is 83.3. The van der Waals surface area contributed by atoms with Crippen LogP contribution < -0.4 is 5.73 Å². The van der Waals surface area contributed by atoms with Gasteiger partial charge in [0.05, 0.1) is 0 Å². The van der Waals surface area contributed by atoms with Gasteiger partial charge in [-0.05, 0) is 36.3 Å². The SMILES string of the molecule is CCC1CSCCC1CN. The molecule has 2 atom stereocenters. The predicted octanol–water partition coefficient (Wildman–Crippen LogP) is 1.72. The van der Waals surface area contributed by atoms with Gasteiger partial charge in [-0.25, -0.2) is 0 Å². The number of nitrogens with two attached hydrogens (primary N) is 1. The lowest BCUT2D eigenvalue weighted by Crippen LogP contribution is -2.28. The lowest BCUT2D eigenvalue weighted by molar-refractivity contribution is 0.345. The van der Waals surface area contributed by atoms with E-state index in [4.69, 9.17) is 5.73 Å². The molecule has 1 aliphatic rings. The average Bonchev–Trinajstić information content (AvgIpc) is 2.04. The zero-order chi connectivity index (χ0) is 7.40. The predicted molar refractivity (Wildman–Crippen MR) is 48.3 cm³/mol. The first-order chi connectivity index (χ1) is 4.88. The highest BCUT2D eigenvalue weighted by Gasteiger charge is 2.21. The maximum Gasteiger partial charge on any atom is -0.00361 e. The van der Waals surface area contributed by atoms with E-state index in [0.717, 1.165) is 18.4 Å². The van der Waals surface area contributed by atoms with E-state index in [1.165, 1.54) is 24.3 Å². The van der Waals surface area contributed by atoms with Crippen LogP contribution in [0.3, 0.4) is 0 Å². The average molecular weight is 159 g/mol. The highest BCUT2D eigenvalue weighted by Crippen LogP contribution is 2.29. The Balaban J connectivity index is 2.34. The van der Waals surface area contributed by atoms with Crippen LogP contribution in [0, 0.1) is 11.8 Å². The van der Waals surface area contributed by atoms with Gasteiger partial charge < -0.3 is 5.73 Å². The minimum absolute atomic E-state index is 0.825. The van der Waals surface area contributed by atoms with Crippen molar-refractivity contribution in [1.82, 2.24) is 0 Å². The van der Waals surface area contributed by atoms with Gasteiger partial charge in [0.25, 0.3) is 0 Å². The fraction of sp³-hybridized carbons (Fsp3) is 1.00. The number of hydrogen-bond acceptors (Lipinski definition) is 2. The standard InChI is InChI=1S/C8H17NS/c1-2-7-6-10-4-3-8(7)5-9/h7-8H,2-6,9H2,1H3. The minimum Gasteiger partial charge on any atom is -0.330 e. The van der Waals surface area contributed by atoms with E-state index in [1.807, 2.05) is 0 Å². The molecule has 2 unspecified atom stereocenters. The number of rotatable bonds is 2. The van der Waals surface area contributed by atoms with Crippen molar-refractivity contribution in [1.29, 1.82) is 0 Å². The first-order valence-corrected chi connectivity index (χ1v) is 5.31. The second-order valence-electron chi connectivity index (χ2n) is 3.03. The second-order valence-corrected chi connectivity index (χ2v) is 4.18. The zero-order valence-corrected chi connectivity index (χ0v) is 7.49. The fourth-order valence-corrected chi connectivity index (χ4v) is 3.05. The van der Waals surface area contributed by atoms with E-state index in [0.29, 0.717) is 0 Å². The van der Waals surface area contributed by atoms with Gasteiger partial charge in [-0.3, -0.25) is 0 Å². The largest absolute Gasteiger partial charge is 0.330 e. The lowest BCUT2D eigenvalue weighted by Gasteiger charge is -2.29. The zero-order valence-electron chi connectivity index (χ0n) is 6.68. The number of hydrogen-bond donors (Lipinski definition) is 1. The van der Waals surface area contributed by atoms with Crippen LogP contribution in [0.5, 0.6) is 0 Å². The molecule has 0 bridgehead atoms. The Kier molecular flexibility index (Phi) is 3.57. The maximum absolute atomic E-state index is 5.66. The quantitative estimate of drug-likeness (QED) is 0.664. The summed E-state index contributed by atoms with van der Waals surface area (Å²) in [5, 5.41) is 0. The third kappa shape index (κ3) is 1.89. The molecular formula is C8H17NS. The Morgan fingerprint density at radius 2 is 2.30 bits per heavy atom. The molecule has 2 heteroatoms. The molecule has 0 aromatic rings. The summed E-state index contributed by atoms with van der Waals surface area (Å²) in [6.45, 7) is 3.18.